The Kier molecular flexibility index (Phi) is 5.47. The van der Waals surface area contributed by atoms with Crippen molar-refractivity contribution < 1.29 is 9.90 Å². The molecule has 5 nitrogen and oxygen atoms in total. The number of hydrogen-bond donors (Lipinski definition) is 2. The predicted octanol–water partition coefficient (Wildman–Crippen LogP) is 5.23. The monoisotopic (exact) mass is 463 g/mol. The van der Waals surface area contributed by atoms with Gasteiger partial charge in [-0.05, 0) is 47.5 Å². The number of carbonyl (C=O) groups excluding carboxylic acids is 1. The van der Waals surface area contributed by atoms with Gasteiger partial charge in [0.15, 0.2) is 0 Å². The molecule has 1 amide bonds. The summed E-state index contributed by atoms with van der Waals surface area (Å²) in [7, 11) is 0. The SMILES string of the molecule is O=C(N[C@H]1c2ccccc2C[C@@H]1O)c1cn(-c2ccc(Cl)cc2)c(-c2ccccc2Cl)n1. The van der Waals surface area contributed by atoms with Gasteiger partial charge in [0.1, 0.15) is 11.5 Å². The molecule has 160 valence electrons. The number of nitrogens with zero attached hydrogens (tertiary/aromatic N) is 2. The molecule has 0 radical (unpaired) electrons. The van der Waals surface area contributed by atoms with E-state index in [1.165, 1.54) is 0 Å². The molecule has 0 spiro atoms. The summed E-state index contributed by atoms with van der Waals surface area (Å²) in [5.41, 5.74) is 3.69. The van der Waals surface area contributed by atoms with E-state index in [4.69, 9.17) is 23.2 Å². The van der Waals surface area contributed by atoms with Gasteiger partial charge in [-0.2, -0.15) is 0 Å². The fourth-order valence-corrected chi connectivity index (χ4v) is 4.43. The summed E-state index contributed by atoms with van der Waals surface area (Å²) < 4.78 is 1.81. The molecule has 1 aromatic heterocycles. The van der Waals surface area contributed by atoms with Crippen LogP contribution in [0.3, 0.4) is 0 Å². The number of rotatable bonds is 4. The topological polar surface area (TPSA) is 67.2 Å². The summed E-state index contributed by atoms with van der Waals surface area (Å²) in [4.78, 5) is 17.8. The third-order valence-corrected chi connectivity index (χ3v) is 6.23. The molecule has 1 heterocycles. The number of imidazole rings is 1. The van der Waals surface area contributed by atoms with Crippen LogP contribution in [0.5, 0.6) is 0 Å². The molecule has 2 N–H and O–H groups in total. The maximum atomic E-state index is 13.2. The Morgan fingerprint density at radius 3 is 2.50 bits per heavy atom. The molecule has 32 heavy (non-hydrogen) atoms. The van der Waals surface area contributed by atoms with Crippen molar-refractivity contribution in [3.05, 3.63) is 106 Å². The summed E-state index contributed by atoms with van der Waals surface area (Å²) in [6.07, 6.45) is 1.49. The summed E-state index contributed by atoms with van der Waals surface area (Å²) in [6, 6.07) is 21.8. The van der Waals surface area contributed by atoms with Crippen LogP contribution in [0.25, 0.3) is 17.1 Å². The third kappa shape index (κ3) is 3.79. The summed E-state index contributed by atoms with van der Waals surface area (Å²) in [5.74, 6) is 0.169. The van der Waals surface area contributed by atoms with Gasteiger partial charge < -0.3 is 10.4 Å². The zero-order chi connectivity index (χ0) is 22.2. The van der Waals surface area contributed by atoms with E-state index in [9.17, 15) is 9.90 Å². The van der Waals surface area contributed by atoms with Crippen LogP contribution in [0, 0.1) is 0 Å². The molecule has 7 heteroatoms. The van der Waals surface area contributed by atoms with Crippen LogP contribution < -0.4 is 5.32 Å². The standard InChI is InChI=1S/C25H19Cl2N3O2/c26-16-9-11-17(12-10-16)30-14-21(28-24(30)19-7-3-4-8-20(19)27)25(32)29-23-18-6-2-1-5-15(18)13-22(23)31/h1-12,14,22-23,31H,13H2,(H,29,32)/t22-,23-/m0/s1. The van der Waals surface area contributed by atoms with E-state index < -0.39 is 12.1 Å². The second-order valence-corrected chi connectivity index (χ2v) is 8.54. The molecule has 4 aromatic rings. The largest absolute Gasteiger partial charge is 0.390 e. The van der Waals surface area contributed by atoms with Crippen LogP contribution in [-0.2, 0) is 6.42 Å². The third-order valence-electron chi connectivity index (χ3n) is 5.65. The molecule has 0 fully saturated rings. The first-order valence-corrected chi connectivity index (χ1v) is 10.9. The number of aromatic nitrogens is 2. The van der Waals surface area contributed by atoms with E-state index >= 15 is 0 Å². The quantitative estimate of drug-likeness (QED) is 0.435. The summed E-state index contributed by atoms with van der Waals surface area (Å²) in [6.45, 7) is 0. The second-order valence-electron chi connectivity index (χ2n) is 7.70. The molecular weight excluding hydrogens is 445 g/mol. The average molecular weight is 464 g/mol. The van der Waals surface area contributed by atoms with E-state index in [0.717, 1.165) is 16.8 Å². The number of hydrogen-bond acceptors (Lipinski definition) is 3. The van der Waals surface area contributed by atoms with E-state index in [0.29, 0.717) is 27.9 Å². The number of halogens is 2. The first-order valence-electron chi connectivity index (χ1n) is 10.2. The number of aliphatic hydroxyl groups is 1. The van der Waals surface area contributed by atoms with Gasteiger partial charge in [-0.3, -0.25) is 9.36 Å². The predicted molar refractivity (Wildman–Crippen MR) is 125 cm³/mol. The zero-order valence-corrected chi connectivity index (χ0v) is 18.4. The maximum Gasteiger partial charge on any atom is 0.272 e. The minimum absolute atomic E-state index is 0.228. The van der Waals surface area contributed by atoms with Gasteiger partial charge in [-0.25, -0.2) is 4.98 Å². The molecule has 0 saturated carbocycles. The highest BCUT2D eigenvalue weighted by atomic mass is 35.5. The Balaban J connectivity index is 1.53. The average Bonchev–Trinajstić information content (AvgIpc) is 3.36. The van der Waals surface area contributed by atoms with E-state index in [1.807, 2.05) is 59.2 Å². The van der Waals surface area contributed by atoms with Gasteiger partial charge in [0, 0.05) is 28.9 Å². The highest BCUT2D eigenvalue weighted by molar-refractivity contribution is 6.33. The van der Waals surface area contributed by atoms with Crippen molar-refractivity contribution >= 4 is 29.1 Å². The zero-order valence-electron chi connectivity index (χ0n) is 16.9. The van der Waals surface area contributed by atoms with Crippen LogP contribution in [0.15, 0.2) is 79.0 Å². The van der Waals surface area contributed by atoms with Gasteiger partial charge in [-0.15, -0.1) is 0 Å². The Morgan fingerprint density at radius 2 is 1.72 bits per heavy atom. The number of benzene rings is 3. The van der Waals surface area contributed by atoms with Crippen LogP contribution in [0.4, 0.5) is 0 Å². The van der Waals surface area contributed by atoms with Gasteiger partial charge in [0.25, 0.3) is 5.91 Å². The smallest absolute Gasteiger partial charge is 0.272 e. The number of fused-ring (bicyclic) bond motifs is 1. The first-order chi connectivity index (χ1) is 15.5. The van der Waals surface area contributed by atoms with Crippen molar-refractivity contribution in [3.8, 4) is 17.1 Å². The number of aliphatic hydroxyl groups excluding tert-OH is 1. The second kappa shape index (κ2) is 8.43. The van der Waals surface area contributed by atoms with Crippen molar-refractivity contribution in [1.82, 2.24) is 14.9 Å². The molecule has 1 aliphatic rings. The van der Waals surface area contributed by atoms with Crippen molar-refractivity contribution in [2.24, 2.45) is 0 Å². The normalized spacial score (nSPS) is 17.2. The lowest BCUT2D eigenvalue weighted by molar-refractivity contribution is 0.0854. The van der Waals surface area contributed by atoms with Crippen LogP contribution in [-0.4, -0.2) is 26.7 Å². The fraction of sp³-hybridized carbons (Fsp3) is 0.120. The van der Waals surface area contributed by atoms with Gasteiger partial charge in [-0.1, -0.05) is 59.6 Å². The molecular formula is C25H19Cl2N3O2. The highest BCUT2D eigenvalue weighted by Gasteiger charge is 2.32. The van der Waals surface area contributed by atoms with E-state index in [2.05, 4.69) is 10.3 Å². The van der Waals surface area contributed by atoms with Crippen LogP contribution >= 0.6 is 23.2 Å². The van der Waals surface area contributed by atoms with Crippen molar-refractivity contribution in [2.45, 2.75) is 18.6 Å². The summed E-state index contributed by atoms with van der Waals surface area (Å²) in [5, 5.41) is 14.6. The lowest BCUT2D eigenvalue weighted by Gasteiger charge is -2.17. The Hall–Kier alpha value is -3.12. The maximum absolute atomic E-state index is 13.2. The lowest BCUT2D eigenvalue weighted by atomic mass is 10.1. The molecule has 0 aliphatic heterocycles. The first kappa shape index (κ1) is 20.8. The summed E-state index contributed by atoms with van der Waals surface area (Å²) >= 11 is 12.5. The molecule has 0 saturated heterocycles. The number of carbonyl (C=O) groups is 1. The lowest BCUT2D eigenvalue weighted by Crippen LogP contribution is -2.34. The van der Waals surface area contributed by atoms with Crippen molar-refractivity contribution in [2.75, 3.05) is 0 Å². The van der Waals surface area contributed by atoms with Crippen LogP contribution in [0.2, 0.25) is 10.0 Å². The highest BCUT2D eigenvalue weighted by Crippen LogP contribution is 2.33. The van der Waals surface area contributed by atoms with Gasteiger partial charge >= 0.3 is 0 Å². The molecule has 3 aromatic carbocycles. The van der Waals surface area contributed by atoms with Gasteiger partial charge in [0.05, 0.1) is 17.2 Å². The van der Waals surface area contributed by atoms with E-state index in [1.54, 1.807) is 24.4 Å². The van der Waals surface area contributed by atoms with Crippen molar-refractivity contribution in [3.63, 3.8) is 0 Å². The molecule has 2 atom stereocenters. The minimum atomic E-state index is -0.683. The minimum Gasteiger partial charge on any atom is -0.390 e. The fourth-order valence-electron chi connectivity index (χ4n) is 4.08. The molecule has 0 bridgehead atoms. The molecule has 1 aliphatic carbocycles. The van der Waals surface area contributed by atoms with Crippen molar-refractivity contribution in [1.29, 1.82) is 0 Å². The Morgan fingerprint density at radius 1 is 1.00 bits per heavy atom. The number of amides is 1. The Labute approximate surface area is 195 Å². The van der Waals surface area contributed by atoms with Gasteiger partial charge in [0.2, 0.25) is 0 Å². The molecule has 5 rings (SSSR count). The van der Waals surface area contributed by atoms with E-state index in [-0.39, 0.29) is 11.6 Å². The molecule has 0 unspecified atom stereocenters. The number of nitrogens with one attached hydrogen (secondary N) is 1. The van der Waals surface area contributed by atoms with Crippen LogP contribution in [0.1, 0.15) is 27.7 Å². The Bertz CT molecular complexity index is 1300.